The Labute approximate surface area is 108 Å². The summed E-state index contributed by atoms with van der Waals surface area (Å²) in [5, 5.41) is 9.01. The molecule has 0 atom stereocenters. The number of carboxylic acids is 1. The second kappa shape index (κ2) is 4.49. The quantitative estimate of drug-likeness (QED) is 0.907. The van der Waals surface area contributed by atoms with E-state index in [1.807, 2.05) is 0 Å². The summed E-state index contributed by atoms with van der Waals surface area (Å²) < 4.78 is 16.1. The normalized spacial score (nSPS) is 13.3. The monoisotopic (exact) mass is 259 g/mol. The molecule has 0 spiro atoms. The van der Waals surface area contributed by atoms with Crippen molar-refractivity contribution in [2.45, 2.75) is 6.48 Å². The topological polar surface area (TPSA) is 77.9 Å². The van der Waals surface area contributed by atoms with Gasteiger partial charge in [-0.25, -0.2) is 9.78 Å². The summed E-state index contributed by atoms with van der Waals surface area (Å²) in [7, 11) is 0. The number of hydrogen-bond acceptors (Lipinski definition) is 5. The molecule has 0 saturated carbocycles. The molecule has 1 aliphatic heterocycles. The van der Waals surface area contributed by atoms with E-state index >= 15 is 0 Å². The Balaban J connectivity index is 1.80. The highest BCUT2D eigenvalue weighted by molar-refractivity contribution is 5.90. The van der Waals surface area contributed by atoms with Crippen LogP contribution in [-0.2, 0) is 0 Å². The first-order valence-corrected chi connectivity index (χ1v) is 5.51. The lowest BCUT2D eigenvalue weighted by Crippen LogP contribution is -2.26. The lowest BCUT2D eigenvalue weighted by molar-refractivity contribution is -0.114. The lowest BCUT2D eigenvalue weighted by atomic mass is 10.3. The smallest absolute Gasteiger partial charge is 0.408 e. The van der Waals surface area contributed by atoms with Crippen molar-refractivity contribution in [2.24, 2.45) is 0 Å². The Hall–Kier alpha value is -2.76. The van der Waals surface area contributed by atoms with E-state index < -0.39 is 12.4 Å². The van der Waals surface area contributed by atoms with Crippen LogP contribution in [0.3, 0.4) is 0 Å². The van der Waals surface area contributed by atoms with Crippen LogP contribution in [0.2, 0.25) is 0 Å². The first kappa shape index (κ1) is 11.3. The van der Waals surface area contributed by atoms with Gasteiger partial charge in [-0.2, -0.15) is 0 Å². The minimum Gasteiger partial charge on any atom is -0.477 e. The van der Waals surface area contributed by atoms with E-state index in [0.29, 0.717) is 11.5 Å². The highest BCUT2D eigenvalue weighted by atomic mass is 16.9. The van der Waals surface area contributed by atoms with Gasteiger partial charge in [-0.1, -0.05) is 12.1 Å². The number of aromatic nitrogens is 1. The molecule has 0 amide bonds. The Bertz CT molecular complexity index is 603. The molecule has 0 fully saturated rings. The van der Waals surface area contributed by atoms with Crippen molar-refractivity contribution in [1.29, 1.82) is 0 Å². The molecule has 2 heterocycles. The zero-order chi connectivity index (χ0) is 13.2. The fourth-order valence-corrected chi connectivity index (χ4v) is 1.66. The number of aromatic carboxylic acids is 1. The van der Waals surface area contributed by atoms with Crippen molar-refractivity contribution in [3.8, 4) is 17.4 Å². The van der Waals surface area contributed by atoms with Crippen LogP contribution in [0.15, 0.2) is 42.6 Å². The molecule has 0 aliphatic carbocycles. The maximum absolute atomic E-state index is 11.0. The number of pyridine rings is 1. The van der Waals surface area contributed by atoms with Gasteiger partial charge in [0.2, 0.25) is 5.88 Å². The number of ether oxygens (including phenoxy) is 3. The number of carbonyl (C=O) groups is 1. The fourth-order valence-electron chi connectivity index (χ4n) is 1.66. The number of hydrogen-bond donors (Lipinski definition) is 1. The molecule has 1 aliphatic rings. The third kappa shape index (κ3) is 2.15. The van der Waals surface area contributed by atoms with Crippen molar-refractivity contribution >= 4 is 5.97 Å². The summed E-state index contributed by atoms with van der Waals surface area (Å²) in [5.74, 6) is -0.0907. The molecule has 6 nitrogen and oxygen atoms in total. The average molecular weight is 259 g/mol. The first-order chi connectivity index (χ1) is 9.24. The van der Waals surface area contributed by atoms with Gasteiger partial charge in [0.25, 0.3) is 0 Å². The molecule has 19 heavy (non-hydrogen) atoms. The predicted octanol–water partition coefficient (Wildman–Crippen LogP) is 1.91. The number of carboxylic acid groups (broad SMARTS) is 1. The molecule has 3 rings (SSSR count). The van der Waals surface area contributed by atoms with Gasteiger partial charge in [0.1, 0.15) is 5.56 Å². The zero-order valence-electron chi connectivity index (χ0n) is 9.65. The first-order valence-electron chi connectivity index (χ1n) is 5.51. The molecule has 1 N–H and O–H groups in total. The number of rotatable bonds is 3. The summed E-state index contributed by atoms with van der Waals surface area (Å²) in [5.41, 5.74) is -0.0503. The summed E-state index contributed by atoms with van der Waals surface area (Å²) in [6.07, 6.45) is 1.43. The van der Waals surface area contributed by atoms with Crippen molar-refractivity contribution in [2.75, 3.05) is 0 Å². The number of nitrogens with zero attached hydrogens (tertiary/aromatic N) is 1. The third-order valence-corrected chi connectivity index (χ3v) is 2.50. The second-order valence-electron chi connectivity index (χ2n) is 3.75. The Morgan fingerprint density at radius 2 is 1.84 bits per heavy atom. The molecule has 1 aromatic heterocycles. The van der Waals surface area contributed by atoms with Crippen molar-refractivity contribution in [1.82, 2.24) is 4.98 Å². The van der Waals surface area contributed by atoms with E-state index in [2.05, 4.69) is 4.98 Å². The van der Waals surface area contributed by atoms with Crippen LogP contribution >= 0.6 is 0 Å². The minimum atomic E-state index is -1.13. The molecule has 1 aromatic carbocycles. The molecule has 2 aromatic rings. The van der Waals surface area contributed by atoms with E-state index in [1.54, 1.807) is 24.3 Å². The van der Waals surface area contributed by atoms with Crippen LogP contribution in [0.4, 0.5) is 0 Å². The Kier molecular flexibility index (Phi) is 2.68. The van der Waals surface area contributed by atoms with Crippen molar-refractivity contribution < 1.29 is 24.1 Å². The van der Waals surface area contributed by atoms with Gasteiger partial charge in [-0.15, -0.1) is 0 Å². The highest BCUT2D eigenvalue weighted by Gasteiger charge is 2.27. The average Bonchev–Trinajstić information content (AvgIpc) is 2.81. The van der Waals surface area contributed by atoms with Crippen LogP contribution in [0, 0.1) is 0 Å². The maximum Gasteiger partial charge on any atom is 0.408 e. The van der Waals surface area contributed by atoms with Gasteiger partial charge >= 0.3 is 12.4 Å². The molecule has 96 valence electrons. The fraction of sp³-hybridized carbons (Fsp3) is 0.0769. The van der Waals surface area contributed by atoms with E-state index in [1.165, 1.54) is 18.3 Å². The van der Waals surface area contributed by atoms with E-state index in [9.17, 15) is 4.79 Å². The molecule has 0 unspecified atom stereocenters. The van der Waals surface area contributed by atoms with Gasteiger partial charge in [0.15, 0.2) is 11.5 Å². The van der Waals surface area contributed by atoms with Crippen LogP contribution in [0.25, 0.3) is 0 Å². The minimum absolute atomic E-state index is 0.0483. The van der Waals surface area contributed by atoms with Crippen LogP contribution in [-0.4, -0.2) is 22.5 Å². The second-order valence-corrected chi connectivity index (χ2v) is 3.75. The number of fused-ring (bicyclic) bond motifs is 1. The SMILES string of the molecule is O=C(O)c1cccnc1OC1Oc2ccccc2O1. The van der Waals surface area contributed by atoms with E-state index in [-0.39, 0.29) is 11.4 Å². The number of benzene rings is 1. The largest absolute Gasteiger partial charge is 0.477 e. The standard InChI is InChI=1S/C13H9NO5/c15-12(16)8-4-3-7-14-11(8)19-13-17-9-5-1-2-6-10(9)18-13/h1-7,13H,(H,15,16). The molecular formula is C13H9NO5. The van der Waals surface area contributed by atoms with Gasteiger partial charge in [0, 0.05) is 6.20 Å². The third-order valence-electron chi connectivity index (χ3n) is 2.50. The molecular weight excluding hydrogens is 250 g/mol. The summed E-state index contributed by atoms with van der Waals surface area (Å²) >= 11 is 0. The lowest BCUT2D eigenvalue weighted by Gasteiger charge is -2.12. The molecule has 0 radical (unpaired) electrons. The summed E-state index contributed by atoms with van der Waals surface area (Å²) in [6.45, 7) is -1.04. The maximum atomic E-state index is 11.0. The van der Waals surface area contributed by atoms with Crippen LogP contribution in [0.5, 0.6) is 17.4 Å². The van der Waals surface area contributed by atoms with Gasteiger partial charge < -0.3 is 19.3 Å². The molecule has 0 saturated heterocycles. The zero-order valence-corrected chi connectivity index (χ0v) is 9.65. The van der Waals surface area contributed by atoms with Crippen LogP contribution < -0.4 is 14.2 Å². The van der Waals surface area contributed by atoms with Crippen molar-refractivity contribution in [3.63, 3.8) is 0 Å². The molecule has 0 bridgehead atoms. The number of para-hydroxylation sites is 2. The van der Waals surface area contributed by atoms with Gasteiger partial charge in [-0.05, 0) is 24.3 Å². The predicted molar refractivity (Wildman–Crippen MR) is 63.3 cm³/mol. The van der Waals surface area contributed by atoms with Gasteiger partial charge in [-0.3, -0.25) is 0 Å². The summed E-state index contributed by atoms with van der Waals surface area (Å²) in [6, 6.07) is 9.97. The van der Waals surface area contributed by atoms with E-state index in [0.717, 1.165) is 0 Å². The van der Waals surface area contributed by atoms with Crippen molar-refractivity contribution in [3.05, 3.63) is 48.2 Å². The highest BCUT2D eigenvalue weighted by Crippen LogP contribution is 2.34. The molecule has 6 heteroatoms. The Morgan fingerprint density at radius 1 is 1.16 bits per heavy atom. The van der Waals surface area contributed by atoms with Crippen LogP contribution in [0.1, 0.15) is 10.4 Å². The van der Waals surface area contributed by atoms with Gasteiger partial charge in [0.05, 0.1) is 0 Å². The summed E-state index contributed by atoms with van der Waals surface area (Å²) in [4.78, 5) is 14.9. The van der Waals surface area contributed by atoms with E-state index in [4.69, 9.17) is 19.3 Å². The Morgan fingerprint density at radius 3 is 2.47 bits per heavy atom.